The molecule has 0 unspecified atom stereocenters. The summed E-state index contributed by atoms with van der Waals surface area (Å²) in [6, 6.07) is 15.6. The molecule has 0 spiro atoms. The molecule has 0 saturated heterocycles. The highest BCUT2D eigenvalue weighted by molar-refractivity contribution is 6.40. The van der Waals surface area contributed by atoms with E-state index in [1.165, 1.54) is 12.0 Å². The van der Waals surface area contributed by atoms with Gasteiger partial charge in [0.05, 0.1) is 41.0 Å². The smallest absolute Gasteiger partial charge is 0.249 e. The maximum absolute atomic E-state index is 13.5. The lowest BCUT2D eigenvalue weighted by Crippen LogP contribution is -2.49. The molecule has 0 fully saturated rings. The van der Waals surface area contributed by atoms with Gasteiger partial charge in [0.2, 0.25) is 17.7 Å². The summed E-state index contributed by atoms with van der Waals surface area (Å²) in [6.07, 6.45) is 1.93. The van der Waals surface area contributed by atoms with E-state index in [0.29, 0.717) is 38.9 Å². The molecule has 0 saturated carbocycles. The van der Waals surface area contributed by atoms with Crippen LogP contribution >= 0.6 is 23.2 Å². The number of likely N-dealkylation sites (N-methyl/N-ethyl adjacent to an activating group) is 1. The van der Waals surface area contributed by atoms with Gasteiger partial charge in [-0.2, -0.15) is 0 Å². The molecular weight excluding hydrogens is 499 g/mol. The van der Waals surface area contributed by atoms with E-state index in [1.807, 2.05) is 37.3 Å². The number of amides is 2. The molecule has 0 aliphatic carbocycles. The molecule has 4 rings (SSSR count). The Labute approximate surface area is 219 Å². The summed E-state index contributed by atoms with van der Waals surface area (Å²) in [5, 5.41) is 4.68. The molecular formula is C27H26Cl2N4O3. The summed E-state index contributed by atoms with van der Waals surface area (Å²) < 4.78 is 5.10. The molecule has 4 aromatic rings. The molecule has 2 heterocycles. The van der Waals surface area contributed by atoms with Crippen LogP contribution in [0.2, 0.25) is 10.0 Å². The normalized spacial score (nSPS) is 11.8. The lowest BCUT2D eigenvalue weighted by molar-refractivity contribution is -0.127. The highest BCUT2D eigenvalue weighted by Gasteiger charge is 2.26. The van der Waals surface area contributed by atoms with Crippen LogP contribution in [0.15, 0.2) is 60.8 Å². The highest BCUT2D eigenvalue weighted by atomic mass is 35.5. The van der Waals surface area contributed by atoms with Crippen LogP contribution < -0.4 is 15.0 Å². The second-order valence-corrected chi connectivity index (χ2v) is 9.26. The van der Waals surface area contributed by atoms with E-state index in [9.17, 15) is 9.59 Å². The predicted octanol–water partition coefficient (Wildman–Crippen LogP) is 5.12. The molecule has 2 aromatic carbocycles. The molecule has 1 atom stereocenters. The maximum Gasteiger partial charge on any atom is 0.249 e. The highest BCUT2D eigenvalue weighted by Crippen LogP contribution is 2.34. The number of aromatic nitrogens is 2. The average Bonchev–Trinajstić information content (AvgIpc) is 3.22. The lowest BCUT2D eigenvalue weighted by Gasteiger charge is -2.25. The summed E-state index contributed by atoms with van der Waals surface area (Å²) in [5.41, 5.74) is 3.74. The number of carbonyl (C=O) groups is 2. The number of nitrogens with one attached hydrogen (secondary N) is 2. The fraction of sp³-hybridized carbons (Fsp3) is 0.222. The monoisotopic (exact) mass is 524 g/mol. The first-order valence-electron chi connectivity index (χ1n) is 11.3. The first-order chi connectivity index (χ1) is 17.3. The number of anilines is 1. The molecule has 186 valence electrons. The number of pyridine rings is 1. The molecule has 0 bridgehead atoms. The van der Waals surface area contributed by atoms with Crippen molar-refractivity contribution in [3.05, 3.63) is 87.7 Å². The standard InChI is InChI=1S/C27H26Cl2N4O3/c1-16-19(25-20(28)10-11-21(29)26(25)31-16)14-23(34)32-22(13-17-7-5-4-6-8-17)27(35)33(2)18-9-12-24(36-3)30-15-18/h4-12,15,22,31H,13-14H2,1-3H3,(H,32,34)/t22-/m0/s1. The summed E-state index contributed by atoms with van der Waals surface area (Å²) in [5.74, 6) is -0.122. The van der Waals surface area contributed by atoms with Gasteiger partial charge in [-0.25, -0.2) is 4.98 Å². The molecule has 2 N–H and O–H groups in total. The third kappa shape index (κ3) is 5.48. The van der Waals surface area contributed by atoms with Crippen LogP contribution in [0.3, 0.4) is 0 Å². The van der Waals surface area contributed by atoms with E-state index in [0.717, 1.165) is 16.8 Å². The Bertz CT molecular complexity index is 1390. The molecule has 7 nitrogen and oxygen atoms in total. The molecule has 0 aliphatic rings. The minimum atomic E-state index is -0.795. The number of aryl methyl sites for hydroxylation is 1. The zero-order valence-electron chi connectivity index (χ0n) is 20.1. The van der Waals surface area contributed by atoms with Gasteiger partial charge >= 0.3 is 0 Å². The third-order valence-electron chi connectivity index (χ3n) is 6.07. The van der Waals surface area contributed by atoms with Crippen molar-refractivity contribution in [3.63, 3.8) is 0 Å². The topological polar surface area (TPSA) is 87.3 Å². The fourth-order valence-electron chi connectivity index (χ4n) is 4.15. The molecule has 36 heavy (non-hydrogen) atoms. The van der Waals surface area contributed by atoms with Gasteiger partial charge in [-0.3, -0.25) is 9.59 Å². The molecule has 2 amide bonds. The van der Waals surface area contributed by atoms with Crippen molar-refractivity contribution in [2.75, 3.05) is 19.1 Å². The van der Waals surface area contributed by atoms with Crippen LogP contribution in [0, 0.1) is 6.92 Å². The second kappa shape index (κ2) is 11.0. The van der Waals surface area contributed by atoms with Crippen LogP contribution in [-0.2, 0) is 22.4 Å². The Morgan fingerprint density at radius 1 is 1.08 bits per heavy atom. The number of carbonyl (C=O) groups excluding carboxylic acids is 2. The summed E-state index contributed by atoms with van der Waals surface area (Å²) in [7, 11) is 3.18. The Hall–Kier alpha value is -3.55. The molecule has 0 radical (unpaired) electrons. The van der Waals surface area contributed by atoms with Crippen molar-refractivity contribution in [3.8, 4) is 5.88 Å². The minimum Gasteiger partial charge on any atom is -0.481 e. The summed E-state index contributed by atoms with van der Waals surface area (Å²) in [6.45, 7) is 1.87. The Morgan fingerprint density at radius 2 is 1.81 bits per heavy atom. The van der Waals surface area contributed by atoms with Crippen molar-refractivity contribution in [2.45, 2.75) is 25.8 Å². The fourth-order valence-corrected chi connectivity index (χ4v) is 4.63. The number of benzene rings is 2. The van der Waals surface area contributed by atoms with E-state index < -0.39 is 6.04 Å². The number of rotatable bonds is 8. The number of H-pyrrole nitrogens is 1. The van der Waals surface area contributed by atoms with E-state index >= 15 is 0 Å². The number of ether oxygens (including phenoxy) is 1. The van der Waals surface area contributed by atoms with Gasteiger partial charge in [0, 0.05) is 30.6 Å². The zero-order chi connectivity index (χ0) is 25.8. The van der Waals surface area contributed by atoms with Gasteiger partial charge in [0.1, 0.15) is 6.04 Å². The van der Waals surface area contributed by atoms with Crippen LogP contribution in [0.1, 0.15) is 16.8 Å². The Balaban J connectivity index is 1.59. The van der Waals surface area contributed by atoms with Gasteiger partial charge < -0.3 is 19.9 Å². The predicted molar refractivity (Wildman–Crippen MR) is 143 cm³/mol. The Kier molecular flexibility index (Phi) is 7.82. The summed E-state index contributed by atoms with van der Waals surface area (Å²) in [4.78, 5) is 35.7. The molecule has 2 aromatic heterocycles. The number of fused-ring (bicyclic) bond motifs is 1. The van der Waals surface area contributed by atoms with Crippen molar-refractivity contribution in [1.82, 2.24) is 15.3 Å². The van der Waals surface area contributed by atoms with E-state index in [-0.39, 0.29) is 18.2 Å². The van der Waals surface area contributed by atoms with Crippen LogP contribution in [-0.4, -0.2) is 42.0 Å². The van der Waals surface area contributed by atoms with Crippen molar-refractivity contribution in [2.24, 2.45) is 0 Å². The molecule has 9 heteroatoms. The van der Waals surface area contributed by atoms with Gasteiger partial charge in [-0.05, 0) is 36.2 Å². The van der Waals surface area contributed by atoms with Gasteiger partial charge in [-0.1, -0.05) is 53.5 Å². The minimum absolute atomic E-state index is 0.0400. The largest absolute Gasteiger partial charge is 0.481 e. The molecule has 0 aliphatic heterocycles. The van der Waals surface area contributed by atoms with Crippen molar-refractivity contribution in [1.29, 1.82) is 0 Å². The van der Waals surface area contributed by atoms with Crippen LogP contribution in [0.25, 0.3) is 10.9 Å². The third-order valence-corrected chi connectivity index (χ3v) is 6.70. The van der Waals surface area contributed by atoms with Crippen LogP contribution in [0.4, 0.5) is 5.69 Å². The first kappa shape index (κ1) is 25.5. The van der Waals surface area contributed by atoms with Gasteiger partial charge in [0.15, 0.2) is 0 Å². The zero-order valence-corrected chi connectivity index (χ0v) is 21.7. The number of aromatic amines is 1. The number of nitrogens with zero attached hydrogens (tertiary/aromatic N) is 2. The van der Waals surface area contributed by atoms with E-state index in [4.69, 9.17) is 27.9 Å². The number of hydrogen-bond donors (Lipinski definition) is 2. The van der Waals surface area contributed by atoms with Gasteiger partial charge in [0.25, 0.3) is 0 Å². The van der Waals surface area contributed by atoms with E-state index in [2.05, 4.69) is 15.3 Å². The Morgan fingerprint density at radius 3 is 2.47 bits per heavy atom. The number of methoxy groups -OCH3 is 1. The summed E-state index contributed by atoms with van der Waals surface area (Å²) >= 11 is 12.8. The SMILES string of the molecule is COc1ccc(N(C)C(=O)[C@H](Cc2ccccc2)NC(=O)Cc2c(C)[nH]c3c(Cl)ccc(Cl)c23)cn1. The maximum atomic E-state index is 13.5. The first-order valence-corrected chi connectivity index (χ1v) is 12.1. The number of halogens is 2. The van der Waals surface area contributed by atoms with Crippen molar-refractivity contribution >= 4 is 51.6 Å². The lowest BCUT2D eigenvalue weighted by atomic mass is 10.0. The van der Waals surface area contributed by atoms with Crippen LogP contribution in [0.5, 0.6) is 5.88 Å². The van der Waals surface area contributed by atoms with E-state index in [1.54, 1.807) is 37.5 Å². The quantitative estimate of drug-likeness (QED) is 0.334. The average molecular weight is 525 g/mol. The van der Waals surface area contributed by atoms with Gasteiger partial charge in [-0.15, -0.1) is 0 Å². The van der Waals surface area contributed by atoms with Crippen molar-refractivity contribution < 1.29 is 14.3 Å². The second-order valence-electron chi connectivity index (χ2n) is 8.45. The number of hydrogen-bond acceptors (Lipinski definition) is 4.